The van der Waals surface area contributed by atoms with Gasteiger partial charge in [0.15, 0.2) is 0 Å². The molecule has 2 N–H and O–H groups in total. The zero-order valence-corrected chi connectivity index (χ0v) is 14.4. The molecule has 4 nitrogen and oxygen atoms in total. The van der Waals surface area contributed by atoms with Crippen molar-refractivity contribution < 1.29 is 4.79 Å². The number of hydrogen-bond acceptors (Lipinski definition) is 3. The van der Waals surface area contributed by atoms with Gasteiger partial charge in [-0.1, -0.05) is 47.0 Å². The fourth-order valence-corrected chi connectivity index (χ4v) is 2.46. The summed E-state index contributed by atoms with van der Waals surface area (Å²) in [7, 11) is 0. The molecule has 0 aliphatic carbocycles. The average molecular weight is 350 g/mol. The number of nitrogens with zero attached hydrogens (tertiary/aromatic N) is 1. The molecular formula is C17H17Cl2N3O. The van der Waals surface area contributed by atoms with Crippen molar-refractivity contribution in [2.45, 2.75) is 13.8 Å². The van der Waals surface area contributed by atoms with E-state index in [-0.39, 0.29) is 12.5 Å². The first-order valence-corrected chi connectivity index (χ1v) is 7.79. The standard InChI is InChI=1S/C17H17Cl2N3O/c1-11-3-6-16(12(2)7-11)20-10-17(23)22-21-9-13-4-5-14(18)8-15(13)19/h3-9,20H,10H2,1-2H3,(H,22,23). The van der Waals surface area contributed by atoms with Gasteiger partial charge in [-0.05, 0) is 37.6 Å². The smallest absolute Gasteiger partial charge is 0.259 e. The highest BCUT2D eigenvalue weighted by atomic mass is 35.5. The first-order chi connectivity index (χ1) is 11.0. The van der Waals surface area contributed by atoms with Gasteiger partial charge in [-0.25, -0.2) is 5.43 Å². The summed E-state index contributed by atoms with van der Waals surface area (Å²) in [5.74, 6) is -0.244. The lowest BCUT2D eigenvalue weighted by Gasteiger charge is -2.09. The number of rotatable bonds is 5. The number of anilines is 1. The minimum absolute atomic E-state index is 0.135. The number of nitrogens with one attached hydrogen (secondary N) is 2. The number of halogens is 2. The molecule has 0 unspecified atom stereocenters. The predicted octanol–water partition coefficient (Wildman–Crippen LogP) is 4.17. The number of hydrogen-bond donors (Lipinski definition) is 2. The Morgan fingerprint density at radius 2 is 1.96 bits per heavy atom. The Morgan fingerprint density at radius 1 is 1.17 bits per heavy atom. The summed E-state index contributed by atoms with van der Waals surface area (Å²) in [6.07, 6.45) is 1.48. The monoisotopic (exact) mass is 349 g/mol. The van der Waals surface area contributed by atoms with Crippen molar-refractivity contribution in [1.82, 2.24) is 5.43 Å². The Hall–Kier alpha value is -2.04. The molecule has 0 aliphatic heterocycles. The molecule has 120 valence electrons. The molecule has 0 saturated heterocycles. The molecule has 0 atom stereocenters. The molecule has 2 rings (SSSR count). The average Bonchev–Trinajstić information content (AvgIpc) is 2.48. The lowest BCUT2D eigenvalue weighted by Crippen LogP contribution is -2.26. The summed E-state index contributed by atoms with van der Waals surface area (Å²) in [6, 6.07) is 11.1. The van der Waals surface area contributed by atoms with E-state index in [1.807, 2.05) is 26.0 Å². The maximum atomic E-state index is 11.8. The SMILES string of the molecule is Cc1ccc(NCC(=O)NN=Cc2ccc(Cl)cc2Cl)c(C)c1. The summed E-state index contributed by atoms with van der Waals surface area (Å²) >= 11 is 11.8. The quantitative estimate of drug-likeness (QED) is 0.628. The Bertz CT molecular complexity index is 745. The van der Waals surface area contributed by atoms with Gasteiger partial charge >= 0.3 is 0 Å². The Morgan fingerprint density at radius 3 is 2.65 bits per heavy atom. The zero-order chi connectivity index (χ0) is 16.8. The van der Waals surface area contributed by atoms with Gasteiger partial charge in [-0.15, -0.1) is 0 Å². The van der Waals surface area contributed by atoms with Crippen molar-refractivity contribution >= 4 is 41.0 Å². The number of aryl methyl sites for hydroxylation is 2. The van der Waals surface area contributed by atoms with Crippen molar-refractivity contribution in [2.75, 3.05) is 11.9 Å². The van der Waals surface area contributed by atoms with Gasteiger partial charge in [0.05, 0.1) is 17.8 Å². The third kappa shape index (κ3) is 5.27. The van der Waals surface area contributed by atoms with Crippen LogP contribution in [0.5, 0.6) is 0 Å². The molecule has 0 fully saturated rings. The highest BCUT2D eigenvalue weighted by molar-refractivity contribution is 6.36. The zero-order valence-electron chi connectivity index (χ0n) is 12.9. The molecule has 0 saturated carbocycles. The number of benzene rings is 2. The summed E-state index contributed by atoms with van der Waals surface area (Å²) < 4.78 is 0. The molecule has 2 aromatic carbocycles. The number of carbonyl (C=O) groups excluding carboxylic acids is 1. The normalized spacial score (nSPS) is 10.8. The second-order valence-electron chi connectivity index (χ2n) is 5.13. The molecule has 2 aromatic rings. The van der Waals surface area contributed by atoms with Crippen LogP contribution >= 0.6 is 23.2 Å². The van der Waals surface area contributed by atoms with Crippen LogP contribution in [0.1, 0.15) is 16.7 Å². The first-order valence-electron chi connectivity index (χ1n) is 7.04. The van der Waals surface area contributed by atoms with Crippen molar-refractivity contribution in [2.24, 2.45) is 5.10 Å². The number of hydrazone groups is 1. The topological polar surface area (TPSA) is 53.5 Å². The molecule has 6 heteroatoms. The highest BCUT2D eigenvalue weighted by Gasteiger charge is 2.03. The second-order valence-corrected chi connectivity index (χ2v) is 5.97. The van der Waals surface area contributed by atoms with E-state index in [1.165, 1.54) is 11.8 Å². The third-order valence-electron chi connectivity index (χ3n) is 3.18. The van der Waals surface area contributed by atoms with Gasteiger partial charge in [0.1, 0.15) is 0 Å². The van der Waals surface area contributed by atoms with Crippen LogP contribution in [0.25, 0.3) is 0 Å². The fraction of sp³-hybridized carbons (Fsp3) is 0.176. The van der Waals surface area contributed by atoms with Crippen molar-refractivity contribution in [3.05, 3.63) is 63.1 Å². The summed E-state index contributed by atoms with van der Waals surface area (Å²) in [6.45, 7) is 4.16. The van der Waals surface area contributed by atoms with Crippen molar-refractivity contribution in [3.63, 3.8) is 0 Å². The van der Waals surface area contributed by atoms with E-state index in [0.29, 0.717) is 15.6 Å². The van der Waals surface area contributed by atoms with Gasteiger partial charge in [-0.3, -0.25) is 4.79 Å². The van der Waals surface area contributed by atoms with E-state index in [4.69, 9.17) is 23.2 Å². The Balaban J connectivity index is 1.86. The third-order valence-corrected chi connectivity index (χ3v) is 3.74. The maximum absolute atomic E-state index is 11.8. The fourth-order valence-electron chi connectivity index (χ4n) is 2.01. The predicted molar refractivity (Wildman–Crippen MR) is 96.6 cm³/mol. The lowest BCUT2D eigenvalue weighted by atomic mass is 10.1. The van der Waals surface area contributed by atoms with Gasteiger partial charge in [0.25, 0.3) is 5.91 Å². The largest absolute Gasteiger partial charge is 0.376 e. The van der Waals surface area contributed by atoms with Crippen molar-refractivity contribution in [3.8, 4) is 0 Å². The van der Waals surface area contributed by atoms with Gasteiger partial charge < -0.3 is 5.32 Å². The van der Waals surface area contributed by atoms with E-state index in [2.05, 4.69) is 21.9 Å². The molecule has 0 aliphatic rings. The molecule has 0 spiro atoms. The van der Waals surface area contributed by atoms with Crippen LogP contribution in [0.15, 0.2) is 41.5 Å². The van der Waals surface area contributed by atoms with Crippen LogP contribution in [0.4, 0.5) is 5.69 Å². The first kappa shape index (κ1) is 17.3. The molecule has 0 heterocycles. The van der Waals surface area contributed by atoms with E-state index < -0.39 is 0 Å². The minimum Gasteiger partial charge on any atom is -0.376 e. The summed E-state index contributed by atoms with van der Waals surface area (Å²) in [4.78, 5) is 11.8. The van der Waals surface area contributed by atoms with Crippen LogP contribution in [0, 0.1) is 13.8 Å². The maximum Gasteiger partial charge on any atom is 0.259 e. The van der Waals surface area contributed by atoms with E-state index >= 15 is 0 Å². The van der Waals surface area contributed by atoms with Crippen molar-refractivity contribution in [1.29, 1.82) is 0 Å². The molecule has 0 bridgehead atoms. The molecular weight excluding hydrogens is 333 g/mol. The van der Waals surface area contributed by atoms with Crippen LogP contribution in [0.3, 0.4) is 0 Å². The summed E-state index contributed by atoms with van der Waals surface area (Å²) in [5, 5.41) is 7.99. The van der Waals surface area contributed by atoms with E-state index in [0.717, 1.165) is 11.3 Å². The van der Waals surface area contributed by atoms with E-state index in [9.17, 15) is 4.79 Å². The van der Waals surface area contributed by atoms with Gasteiger partial charge in [0.2, 0.25) is 0 Å². The Kier molecular flexibility index (Phi) is 6.02. The van der Waals surface area contributed by atoms with Crippen LogP contribution in [-0.4, -0.2) is 18.7 Å². The second kappa shape index (κ2) is 7.99. The number of amides is 1. The lowest BCUT2D eigenvalue weighted by molar-refractivity contribution is -0.119. The Labute approximate surface area is 145 Å². The van der Waals surface area contributed by atoms with E-state index in [1.54, 1.807) is 18.2 Å². The van der Waals surface area contributed by atoms with Gasteiger partial charge in [-0.2, -0.15) is 5.10 Å². The van der Waals surface area contributed by atoms with Crippen LogP contribution < -0.4 is 10.7 Å². The molecule has 0 aromatic heterocycles. The minimum atomic E-state index is -0.244. The molecule has 1 amide bonds. The van der Waals surface area contributed by atoms with Crippen LogP contribution in [0.2, 0.25) is 10.0 Å². The van der Waals surface area contributed by atoms with Crippen LogP contribution in [-0.2, 0) is 4.79 Å². The molecule has 0 radical (unpaired) electrons. The number of carbonyl (C=O) groups is 1. The molecule has 23 heavy (non-hydrogen) atoms. The highest BCUT2D eigenvalue weighted by Crippen LogP contribution is 2.19. The van der Waals surface area contributed by atoms with Gasteiger partial charge in [0, 0.05) is 16.3 Å². The summed E-state index contributed by atoms with van der Waals surface area (Å²) in [5.41, 5.74) is 6.33.